The average Bonchev–Trinajstić information content (AvgIpc) is 2.92. The predicted molar refractivity (Wildman–Crippen MR) is 72.3 cm³/mol. The summed E-state index contributed by atoms with van der Waals surface area (Å²) in [7, 11) is 0. The molecule has 0 bridgehead atoms. The Morgan fingerprint density at radius 1 is 1.65 bits per heavy atom. The van der Waals surface area contributed by atoms with Crippen LogP contribution in [0.1, 0.15) is 31.2 Å². The van der Waals surface area contributed by atoms with Gasteiger partial charge in [-0.3, -0.25) is 10.1 Å². The van der Waals surface area contributed by atoms with E-state index in [2.05, 4.69) is 4.98 Å². The maximum atomic E-state index is 10.7. The van der Waals surface area contributed by atoms with Gasteiger partial charge in [0.1, 0.15) is 23.6 Å². The lowest BCUT2D eigenvalue weighted by atomic mass is 10.1. The lowest BCUT2D eigenvalue weighted by Crippen LogP contribution is -2.30. The smallest absolute Gasteiger partial charge is 0.289 e. The second-order valence-electron chi connectivity index (χ2n) is 4.79. The molecule has 0 saturated carbocycles. The van der Waals surface area contributed by atoms with Crippen molar-refractivity contribution in [1.29, 1.82) is 5.26 Å². The lowest BCUT2D eigenvalue weighted by Gasteiger charge is -2.26. The Morgan fingerprint density at radius 2 is 2.45 bits per heavy atom. The molecule has 2 rings (SSSR count). The molecule has 1 aliphatic heterocycles. The maximum Gasteiger partial charge on any atom is 0.289 e. The van der Waals surface area contributed by atoms with Crippen LogP contribution in [0.4, 0.5) is 11.5 Å². The Hall–Kier alpha value is -2.20. The third-order valence-electron chi connectivity index (χ3n) is 3.53. The molecule has 1 aromatic rings. The van der Waals surface area contributed by atoms with Crippen molar-refractivity contribution in [3.8, 4) is 6.07 Å². The molecule has 0 aromatic carbocycles. The Balaban J connectivity index is 2.27. The average molecular weight is 276 g/mol. The number of nitrogens with zero attached hydrogens (tertiary/aromatic N) is 4. The summed E-state index contributed by atoms with van der Waals surface area (Å²) in [6.45, 7) is 0.929. The van der Waals surface area contributed by atoms with Crippen LogP contribution in [0.25, 0.3) is 0 Å². The number of anilines is 1. The monoisotopic (exact) mass is 276 g/mol. The molecule has 1 fully saturated rings. The molecular weight excluding hydrogens is 260 g/mol. The molecule has 0 spiro atoms. The molecule has 2 heterocycles. The highest BCUT2D eigenvalue weighted by Crippen LogP contribution is 2.30. The fourth-order valence-corrected chi connectivity index (χ4v) is 2.60. The van der Waals surface area contributed by atoms with E-state index in [0.29, 0.717) is 12.2 Å². The van der Waals surface area contributed by atoms with Crippen LogP contribution in [-0.2, 0) is 0 Å². The van der Waals surface area contributed by atoms with E-state index >= 15 is 0 Å². The molecule has 0 amide bonds. The zero-order chi connectivity index (χ0) is 14.5. The van der Waals surface area contributed by atoms with Gasteiger partial charge in [0.05, 0.1) is 4.92 Å². The van der Waals surface area contributed by atoms with Crippen LogP contribution >= 0.6 is 0 Å². The van der Waals surface area contributed by atoms with Crippen molar-refractivity contribution in [2.24, 2.45) is 0 Å². The van der Waals surface area contributed by atoms with Crippen LogP contribution < -0.4 is 4.90 Å². The number of hydrogen-bond acceptors (Lipinski definition) is 6. The molecule has 0 radical (unpaired) electrons. The van der Waals surface area contributed by atoms with Gasteiger partial charge in [-0.25, -0.2) is 4.98 Å². The molecule has 106 valence electrons. The number of aliphatic hydroxyl groups is 1. The number of rotatable bonds is 5. The summed E-state index contributed by atoms with van der Waals surface area (Å²) in [5, 5.41) is 28.8. The minimum absolute atomic E-state index is 0.142. The highest BCUT2D eigenvalue weighted by Gasteiger charge is 2.28. The van der Waals surface area contributed by atoms with E-state index in [1.54, 1.807) is 0 Å². The second-order valence-corrected chi connectivity index (χ2v) is 4.79. The molecule has 20 heavy (non-hydrogen) atoms. The first kappa shape index (κ1) is 14.2. The van der Waals surface area contributed by atoms with E-state index in [4.69, 9.17) is 10.4 Å². The Labute approximate surface area is 116 Å². The highest BCUT2D eigenvalue weighted by molar-refractivity contribution is 5.58. The summed E-state index contributed by atoms with van der Waals surface area (Å²) in [6, 6.07) is 3.49. The zero-order valence-corrected chi connectivity index (χ0v) is 11.0. The molecule has 1 N–H and O–H groups in total. The van der Waals surface area contributed by atoms with Gasteiger partial charge in [0, 0.05) is 25.3 Å². The van der Waals surface area contributed by atoms with Crippen molar-refractivity contribution in [2.45, 2.75) is 31.7 Å². The zero-order valence-electron chi connectivity index (χ0n) is 11.0. The molecule has 7 heteroatoms. The molecule has 7 nitrogen and oxygen atoms in total. The van der Waals surface area contributed by atoms with E-state index in [-0.39, 0.29) is 23.9 Å². The maximum absolute atomic E-state index is 10.7. The lowest BCUT2D eigenvalue weighted by molar-refractivity contribution is -0.385. The van der Waals surface area contributed by atoms with Gasteiger partial charge in [0.25, 0.3) is 5.69 Å². The Bertz CT molecular complexity index is 541. The van der Waals surface area contributed by atoms with E-state index in [0.717, 1.165) is 25.8 Å². The summed E-state index contributed by atoms with van der Waals surface area (Å²) in [6.07, 6.45) is 4.72. The topological polar surface area (TPSA) is 103 Å². The van der Waals surface area contributed by atoms with Crippen LogP contribution in [0.3, 0.4) is 0 Å². The fraction of sp³-hybridized carbons (Fsp3) is 0.538. The first-order valence-corrected chi connectivity index (χ1v) is 6.59. The molecule has 1 unspecified atom stereocenters. The first-order chi connectivity index (χ1) is 9.67. The number of hydrogen-bond donors (Lipinski definition) is 1. The van der Waals surface area contributed by atoms with Crippen molar-refractivity contribution >= 4 is 11.5 Å². The molecule has 1 atom stereocenters. The molecular formula is C13H16N4O3. The van der Waals surface area contributed by atoms with Crippen LogP contribution in [0.5, 0.6) is 0 Å². The quantitative estimate of drug-likeness (QED) is 0.647. The van der Waals surface area contributed by atoms with Gasteiger partial charge in [-0.2, -0.15) is 5.26 Å². The number of aromatic nitrogens is 1. The standard InChI is InChI=1S/C13H16N4O3/c14-8-10-7-12(17(19)20)9-15-13(10)16-5-1-3-11(16)4-2-6-18/h7,9,11,18H,1-6H2. The van der Waals surface area contributed by atoms with Gasteiger partial charge in [-0.15, -0.1) is 0 Å². The minimum atomic E-state index is -0.551. The number of pyridine rings is 1. The SMILES string of the molecule is N#Cc1cc([N+](=O)[O-])cnc1N1CCCC1CCCO. The van der Waals surface area contributed by atoms with Crippen molar-refractivity contribution in [3.63, 3.8) is 0 Å². The first-order valence-electron chi connectivity index (χ1n) is 6.59. The van der Waals surface area contributed by atoms with Crippen molar-refractivity contribution in [2.75, 3.05) is 18.1 Å². The van der Waals surface area contributed by atoms with Gasteiger partial charge >= 0.3 is 0 Å². The molecule has 1 aromatic heterocycles. The second kappa shape index (κ2) is 6.30. The molecule has 0 aliphatic carbocycles. The highest BCUT2D eigenvalue weighted by atomic mass is 16.6. The van der Waals surface area contributed by atoms with Gasteiger partial charge in [0.2, 0.25) is 0 Å². The van der Waals surface area contributed by atoms with Gasteiger partial charge in [-0.05, 0) is 25.7 Å². The van der Waals surface area contributed by atoms with Gasteiger partial charge in [-0.1, -0.05) is 0 Å². The number of nitro groups is 1. The van der Waals surface area contributed by atoms with Crippen LogP contribution in [0.15, 0.2) is 12.3 Å². The van der Waals surface area contributed by atoms with Crippen molar-refractivity contribution < 1.29 is 10.0 Å². The van der Waals surface area contributed by atoms with Crippen LogP contribution in [-0.4, -0.2) is 34.2 Å². The number of aliphatic hydroxyl groups excluding tert-OH is 1. The molecule has 1 saturated heterocycles. The summed E-state index contributed by atoms with van der Waals surface area (Å²) in [5.74, 6) is 0.513. The van der Waals surface area contributed by atoms with E-state index in [1.165, 1.54) is 12.3 Å². The third-order valence-corrected chi connectivity index (χ3v) is 3.53. The predicted octanol–water partition coefficient (Wildman–Crippen LogP) is 1.60. The van der Waals surface area contributed by atoms with E-state index in [1.807, 2.05) is 11.0 Å². The van der Waals surface area contributed by atoms with E-state index < -0.39 is 4.92 Å². The van der Waals surface area contributed by atoms with Gasteiger partial charge < -0.3 is 10.0 Å². The number of nitriles is 1. The summed E-state index contributed by atoms with van der Waals surface area (Å²) in [4.78, 5) is 16.3. The molecule has 1 aliphatic rings. The Morgan fingerprint density at radius 3 is 3.10 bits per heavy atom. The largest absolute Gasteiger partial charge is 0.396 e. The third kappa shape index (κ3) is 2.86. The summed E-state index contributed by atoms with van der Waals surface area (Å²) < 4.78 is 0. The summed E-state index contributed by atoms with van der Waals surface area (Å²) in [5.41, 5.74) is 0.0616. The van der Waals surface area contributed by atoms with Crippen molar-refractivity contribution in [1.82, 2.24) is 4.98 Å². The van der Waals surface area contributed by atoms with Crippen molar-refractivity contribution in [3.05, 3.63) is 27.9 Å². The van der Waals surface area contributed by atoms with Gasteiger partial charge in [0.15, 0.2) is 0 Å². The summed E-state index contributed by atoms with van der Waals surface area (Å²) >= 11 is 0. The normalized spacial score (nSPS) is 18.0. The van der Waals surface area contributed by atoms with E-state index in [9.17, 15) is 10.1 Å². The van der Waals surface area contributed by atoms with Crippen LogP contribution in [0.2, 0.25) is 0 Å². The fourth-order valence-electron chi connectivity index (χ4n) is 2.60. The minimum Gasteiger partial charge on any atom is -0.396 e. The Kier molecular flexibility index (Phi) is 4.48. The van der Waals surface area contributed by atoms with Crippen LogP contribution in [0, 0.1) is 21.4 Å².